The Kier molecular flexibility index (Phi) is 7.72. The highest BCUT2D eigenvalue weighted by molar-refractivity contribution is 6.39. The first kappa shape index (κ1) is 23.7. The zero-order valence-electron chi connectivity index (χ0n) is 18.5. The molecule has 7 nitrogen and oxygen atoms in total. The molecule has 1 unspecified atom stereocenters. The summed E-state index contributed by atoms with van der Waals surface area (Å²) in [5, 5.41) is 5.87. The number of carbonyl (C=O) groups is 2. The molecule has 4 rings (SSSR count). The van der Waals surface area contributed by atoms with Crippen molar-refractivity contribution in [1.82, 2.24) is 15.2 Å². The van der Waals surface area contributed by atoms with E-state index in [0.29, 0.717) is 10.7 Å². The highest BCUT2D eigenvalue weighted by Crippen LogP contribution is 2.24. The van der Waals surface area contributed by atoms with Crippen molar-refractivity contribution in [3.8, 4) is 0 Å². The summed E-state index contributed by atoms with van der Waals surface area (Å²) in [5.41, 5.74) is 2.42. The summed E-state index contributed by atoms with van der Waals surface area (Å²) < 4.78 is 13.3. The molecule has 2 heterocycles. The molecule has 2 amide bonds. The van der Waals surface area contributed by atoms with Crippen molar-refractivity contribution in [3.05, 3.63) is 89.5 Å². The summed E-state index contributed by atoms with van der Waals surface area (Å²) in [4.78, 5) is 33.5. The number of carbonyl (C=O) groups excluding carboxylic acids is 2. The van der Waals surface area contributed by atoms with E-state index in [1.54, 1.807) is 48.8 Å². The second kappa shape index (κ2) is 11.1. The summed E-state index contributed by atoms with van der Waals surface area (Å²) in [6, 6.07) is 16.7. The van der Waals surface area contributed by atoms with Crippen LogP contribution in [0.2, 0.25) is 5.02 Å². The maximum Gasteiger partial charge on any atom is 0.313 e. The smallest absolute Gasteiger partial charge is 0.313 e. The molecular weight excluding hydrogens is 457 g/mol. The summed E-state index contributed by atoms with van der Waals surface area (Å²) in [6.45, 7) is 3.25. The fourth-order valence-corrected chi connectivity index (χ4v) is 4.09. The lowest BCUT2D eigenvalue weighted by Crippen LogP contribution is -2.50. The number of nitrogens with one attached hydrogen (secondary N) is 2. The third kappa shape index (κ3) is 6.09. The molecule has 1 aliphatic rings. The molecule has 1 fully saturated rings. The van der Waals surface area contributed by atoms with Gasteiger partial charge in [-0.3, -0.25) is 19.5 Å². The van der Waals surface area contributed by atoms with E-state index in [9.17, 15) is 14.0 Å². The number of benzene rings is 2. The van der Waals surface area contributed by atoms with Crippen molar-refractivity contribution < 1.29 is 14.0 Å². The van der Waals surface area contributed by atoms with Gasteiger partial charge in [-0.25, -0.2) is 4.39 Å². The molecule has 1 aliphatic heterocycles. The fraction of sp³-hybridized carbons (Fsp3) is 0.240. The third-order valence-electron chi connectivity index (χ3n) is 5.78. The van der Waals surface area contributed by atoms with Crippen LogP contribution in [0.1, 0.15) is 11.6 Å². The molecule has 1 atom stereocenters. The standard InChI is InChI=1S/C25H25ClFN5O2/c26-19-3-7-21(8-4-19)30-25(34)24(33)29-17-23(18-2-1-11-28-16-18)32-14-12-31(13-15-32)22-9-5-20(27)6-10-22/h1-11,16,23H,12-15,17H2,(H,29,33)(H,30,34). The number of anilines is 2. The quantitative estimate of drug-likeness (QED) is 0.527. The van der Waals surface area contributed by atoms with Crippen molar-refractivity contribution in [2.45, 2.75) is 6.04 Å². The molecule has 0 aliphatic carbocycles. The molecule has 0 saturated carbocycles. The molecule has 1 saturated heterocycles. The Labute approximate surface area is 202 Å². The molecule has 2 N–H and O–H groups in total. The minimum atomic E-state index is -0.742. The number of halogens is 2. The van der Waals surface area contributed by atoms with Crippen LogP contribution in [-0.2, 0) is 9.59 Å². The molecule has 0 radical (unpaired) electrons. The number of hydrogen-bond acceptors (Lipinski definition) is 5. The van der Waals surface area contributed by atoms with Gasteiger partial charge in [-0.05, 0) is 60.2 Å². The monoisotopic (exact) mass is 481 g/mol. The average Bonchev–Trinajstić information content (AvgIpc) is 2.87. The Morgan fingerprint density at radius 2 is 1.68 bits per heavy atom. The van der Waals surface area contributed by atoms with Gasteiger partial charge in [0.2, 0.25) is 0 Å². The molecule has 2 aromatic carbocycles. The van der Waals surface area contributed by atoms with Gasteiger partial charge in [0.1, 0.15) is 5.82 Å². The number of pyridine rings is 1. The molecule has 34 heavy (non-hydrogen) atoms. The van der Waals surface area contributed by atoms with E-state index in [1.807, 2.05) is 12.1 Å². The number of amides is 2. The zero-order valence-corrected chi connectivity index (χ0v) is 19.2. The topological polar surface area (TPSA) is 77.6 Å². The summed E-state index contributed by atoms with van der Waals surface area (Å²) >= 11 is 5.86. The van der Waals surface area contributed by atoms with Crippen molar-refractivity contribution in [3.63, 3.8) is 0 Å². The highest BCUT2D eigenvalue weighted by Gasteiger charge is 2.27. The van der Waals surface area contributed by atoms with Gasteiger partial charge in [0.15, 0.2) is 0 Å². The zero-order chi connectivity index (χ0) is 23.9. The second-order valence-electron chi connectivity index (χ2n) is 7.97. The van der Waals surface area contributed by atoms with Crippen LogP contribution in [0.5, 0.6) is 0 Å². The van der Waals surface area contributed by atoms with E-state index in [4.69, 9.17) is 11.6 Å². The van der Waals surface area contributed by atoms with Crippen LogP contribution >= 0.6 is 11.6 Å². The number of nitrogens with zero attached hydrogens (tertiary/aromatic N) is 3. The van der Waals surface area contributed by atoms with Crippen molar-refractivity contribution in [1.29, 1.82) is 0 Å². The van der Waals surface area contributed by atoms with Crippen LogP contribution < -0.4 is 15.5 Å². The Balaban J connectivity index is 1.38. The van der Waals surface area contributed by atoms with Gasteiger partial charge in [0, 0.05) is 61.5 Å². The Morgan fingerprint density at radius 3 is 2.32 bits per heavy atom. The molecule has 9 heteroatoms. The van der Waals surface area contributed by atoms with Gasteiger partial charge >= 0.3 is 11.8 Å². The molecule has 3 aromatic rings. The predicted molar refractivity (Wildman–Crippen MR) is 130 cm³/mol. The summed E-state index contributed by atoms with van der Waals surface area (Å²) in [7, 11) is 0. The van der Waals surface area contributed by atoms with Gasteiger partial charge < -0.3 is 15.5 Å². The lowest BCUT2D eigenvalue weighted by molar-refractivity contribution is -0.136. The van der Waals surface area contributed by atoms with E-state index >= 15 is 0 Å². The maximum absolute atomic E-state index is 13.3. The van der Waals surface area contributed by atoms with Crippen LogP contribution in [-0.4, -0.2) is 54.4 Å². The SMILES string of the molecule is O=C(NCC(c1cccnc1)N1CCN(c2ccc(F)cc2)CC1)C(=O)Nc1ccc(Cl)cc1. The van der Waals surface area contributed by atoms with Crippen LogP contribution in [0.15, 0.2) is 73.1 Å². The fourth-order valence-electron chi connectivity index (χ4n) is 3.97. The van der Waals surface area contributed by atoms with Gasteiger partial charge in [-0.1, -0.05) is 17.7 Å². The first-order valence-corrected chi connectivity index (χ1v) is 11.4. The highest BCUT2D eigenvalue weighted by atomic mass is 35.5. The van der Waals surface area contributed by atoms with Crippen molar-refractivity contribution in [2.24, 2.45) is 0 Å². The predicted octanol–water partition coefficient (Wildman–Crippen LogP) is 3.49. The number of rotatable bonds is 6. The minimum absolute atomic E-state index is 0.142. The number of hydrogen-bond donors (Lipinski definition) is 2. The molecule has 0 spiro atoms. The lowest BCUT2D eigenvalue weighted by atomic mass is 10.1. The summed E-state index contributed by atoms with van der Waals surface area (Å²) in [5.74, 6) is -1.71. The Bertz CT molecular complexity index is 1100. The van der Waals surface area contributed by atoms with Gasteiger partial charge in [-0.2, -0.15) is 0 Å². The molecular formula is C25H25ClFN5O2. The Morgan fingerprint density at radius 1 is 0.971 bits per heavy atom. The first-order chi connectivity index (χ1) is 16.5. The van der Waals surface area contributed by atoms with Crippen LogP contribution in [0.25, 0.3) is 0 Å². The van der Waals surface area contributed by atoms with E-state index in [-0.39, 0.29) is 18.4 Å². The van der Waals surface area contributed by atoms with E-state index in [1.165, 1.54) is 12.1 Å². The van der Waals surface area contributed by atoms with E-state index in [2.05, 4.69) is 25.4 Å². The largest absolute Gasteiger partial charge is 0.369 e. The average molecular weight is 482 g/mol. The maximum atomic E-state index is 13.3. The van der Waals surface area contributed by atoms with Gasteiger partial charge in [0.25, 0.3) is 0 Å². The first-order valence-electron chi connectivity index (χ1n) is 11.0. The van der Waals surface area contributed by atoms with Gasteiger partial charge in [0.05, 0.1) is 6.04 Å². The van der Waals surface area contributed by atoms with Crippen molar-refractivity contribution >= 4 is 34.8 Å². The second-order valence-corrected chi connectivity index (χ2v) is 8.41. The van der Waals surface area contributed by atoms with Gasteiger partial charge in [-0.15, -0.1) is 0 Å². The van der Waals surface area contributed by atoms with E-state index < -0.39 is 11.8 Å². The lowest BCUT2D eigenvalue weighted by Gasteiger charge is -2.40. The molecule has 176 valence electrons. The van der Waals surface area contributed by atoms with Crippen molar-refractivity contribution in [2.75, 3.05) is 42.9 Å². The summed E-state index contributed by atoms with van der Waals surface area (Å²) in [6.07, 6.45) is 3.47. The van der Waals surface area contributed by atoms with E-state index in [0.717, 1.165) is 37.4 Å². The van der Waals surface area contributed by atoms with Crippen LogP contribution in [0.3, 0.4) is 0 Å². The third-order valence-corrected chi connectivity index (χ3v) is 6.03. The minimum Gasteiger partial charge on any atom is -0.369 e. The Hall–Kier alpha value is -3.49. The number of aromatic nitrogens is 1. The van der Waals surface area contributed by atoms with Crippen LogP contribution in [0, 0.1) is 5.82 Å². The molecule has 0 bridgehead atoms. The number of piperazine rings is 1. The molecule has 1 aromatic heterocycles. The normalized spacial score (nSPS) is 14.9. The van der Waals surface area contributed by atoms with Crippen LogP contribution in [0.4, 0.5) is 15.8 Å².